The van der Waals surface area contributed by atoms with Gasteiger partial charge in [-0.25, -0.2) is 4.98 Å². The van der Waals surface area contributed by atoms with E-state index in [4.69, 9.17) is 9.47 Å². The van der Waals surface area contributed by atoms with Crippen LogP contribution in [0.3, 0.4) is 0 Å². The fraction of sp³-hybridized carbons (Fsp3) is 0.700. The van der Waals surface area contributed by atoms with Gasteiger partial charge in [0.15, 0.2) is 6.29 Å². The molecule has 1 saturated heterocycles. The molecule has 1 aliphatic rings. The van der Waals surface area contributed by atoms with Gasteiger partial charge in [-0.05, 0) is 6.92 Å². The Morgan fingerprint density at radius 1 is 1.60 bits per heavy atom. The third kappa shape index (κ3) is 3.24. The van der Waals surface area contributed by atoms with Gasteiger partial charge in [0.1, 0.15) is 0 Å². The van der Waals surface area contributed by atoms with E-state index >= 15 is 0 Å². The molecule has 2 rings (SSSR count). The van der Waals surface area contributed by atoms with Crippen LogP contribution in [0.2, 0.25) is 0 Å². The fourth-order valence-corrected chi connectivity index (χ4v) is 2.22. The van der Waals surface area contributed by atoms with Gasteiger partial charge in [0.25, 0.3) is 0 Å². The Labute approximate surface area is 92.9 Å². The predicted molar refractivity (Wildman–Crippen MR) is 56.9 cm³/mol. The summed E-state index contributed by atoms with van der Waals surface area (Å²) in [6.07, 6.45) is 0.429. The fourth-order valence-electron chi connectivity index (χ4n) is 1.59. The minimum Gasteiger partial charge on any atom is -0.393 e. The van der Waals surface area contributed by atoms with Crippen LogP contribution < -0.4 is 0 Å². The van der Waals surface area contributed by atoms with E-state index in [1.54, 1.807) is 11.3 Å². The zero-order valence-electron chi connectivity index (χ0n) is 8.68. The maximum absolute atomic E-state index is 9.78. The summed E-state index contributed by atoms with van der Waals surface area (Å²) in [7, 11) is 0. The highest BCUT2D eigenvalue weighted by atomic mass is 32.1. The third-order valence-electron chi connectivity index (χ3n) is 2.27. The van der Waals surface area contributed by atoms with Gasteiger partial charge in [0.2, 0.25) is 0 Å². The van der Waals surface area contributed by atoms with Crippen molar-refractivity contribution >= 4 is 11.3 Å². The van der Waals surface area contributed by atoms with E-state index in [1.807, 2.05) is 12.3 Å². The monoisotopic (exact) mass is 229 g/mol. The number of hydrogen-bond donors (Lipinski definition) is 1. The first-order valence-electron chi connectivity index (χ1n) is 5.06. The highest BCUT2D eigenvalue weighted by Crippen LogP contribution is 2.15. The van der Waals surface area contributed by atoms with Crippen molar-refractivity contribution in [3.8, 4) is 0 Å². The number of aromatic nitrogens is 1. The Hall–Kier alpha value is -0.490. The molecule has 5 heteroatoms. The smallest absolute Gasteiger partial charge is 0.160 e. The molecule has 4 nitrogen and oxygen atoms in total. The lowest BCUT2D eigenvalue weighted by Crippen LogP contribution is -2.20. The molecule has 0 spiro atoms. The van der Waals surface area contributed by atoms with Crippen LogP contribution in [-0.2, 0) is 15.9 Å². The van der Waals surface area contributed by atoms with E-state index in [0.717, 1.165) is 10.7 Å². The predicted octanol–water partition coefficient (Wildman–Crippen LogP) is 1.12. The highest BCUT2D eigenvalue weighted by molar-refractivity contribution is 7.09. The molecule has 84 valence electrons. The Morgan fingerprint density at radius 3 is 2.93 bits per heavy atom. The van der Waals surface area contributed by atoms with E-state index in [1.165, 1.54) is 0 Å². The lowest BCUT2D eigenvalue weighted by Gasteiger charge is -2.13. The van der Waals surface area contributed by atoms with Crippen LogP contribution in [0.4, 0.5) is 0 Å². The summed E-state index contributed by atoms with van der Waals surface area (Å²) in [5.74, 6) is 0. The Bertz CT molecular complexity index is 309. The average molecular weight is 229 g/mol. The molecule has 1 atom stereocenters. The summed E-state index contributed by atoms with van der Waals surface area (Å²) in [5.41, 5.74) is 0.947. The van der Waals surface area contributed by atoms with E-state index in [0.29, 0.717) is 26.1 Å². The standard InChI is InChI=1S/C10H15NO3S/c1-7-11-8(6-15-7)4-9(12)5-10-13-2-3-14-10/h6,9-10,12H,2-5H2,1H3. The number of nitrogens with zero attached hydrogens (tertiary/aromatic N) is 1. The van der Waals surface area contributed by atoms with Crippen LogP contribution in [0.25, 0.3) is 0 Å². The quantitative estimate of drug-likeness (QED) is 0.840. The highest BCUT2D eigenvalue weighted by Gasteiger charge is 2.20. The molecule has 15 heavy (non-hydrogen) atoms. The molecule has 1 fully saturated rings. The molecule has 1 N–H and O–H groups in total. The van der Waals surface area contributed by atoms with Crippen LogP contribution in [-0.4, -0.2) is 35.7 Å². The van der Waals surface area contributed by atoms with E-state index in [-0.39, 0.29) is 6.29 Å². The van der Waals surface area contributed by atoms with Gasteiger partial charge >= 0.3 is 0 Å². The van der Waals surface area contributed by atoms with Crippen molar-refractivity contribution < 1.29 is 14.6 Å². The number of ether oxygens (including phenoxy) is 2. The van der Waals surface area contributed by atoms with Gasteiger partial charge in [-0.3, -0.25) is 0 Å². The van der Waals surface area contributed by atoms with Crippen molar-refractivity contribution in [3.05, 3.63) is 16.1 Å². The molecule has 1 aromatic heterocycles. The van der Waals surface area contributed by atoms with E-state index in [9.17, 15) is 5.11 Å². The molecular formula is C10H15NO3S. The molecule has 1 aliphatic heterocycles. The van der Waals surface area contributed by atoms with Crippen molar-refractivity contribution in [3.63, 3.8) is 0 Å². The van der Waals surface area contributed by atoms with E-state index in [2.05, 4.69) is 4.98 Å². The molecule has 0 aromatic carbocycles. The zero-order chi connectivity index (χ0) is 10.7. The molecule has 0 radical (unpaired) electrons. The molecule has 0 saturated carbocycles. The molecular weight excluding hydrogens is 214 g/mol. The minimum atomic E-state index is -0.436. The van der Waals surface area contributed by atoms with Crippen molar-refractivity contribution in [1.29, 1.82) is 0 Å². The molecule has 0 bridgehead atoms. The van der Waals surface area contributed by atoms with Crippen molar-refractivity contribution in [2.45, 2.75) is 32.2 Å². The van der Waals surface area contributed by atoms with Crippen LogP contribution in [0.15, 0.2) is 5.38 Å². The Kier molecular flexibility index (Phi) is 3.69. The summed E-state index contributed by atoms with van der Waals surface area (Å²) in [5, 5.41) is 12.8. The number of aryl methyl sites for hydroxylation is 1. The largest absolute Gasteiger partial charge is 0.393 e. The summed E-state index contributed by atoms with van der Waals surface area (Å²) >= 11 is 1.60. The van der Waals surface area contributed by atoms with Crippen molar-refractivity contribution in [1.82, 2.24) is 4.98 Å². The SMILES string of the molecule is Cc1nc(CC(O)CC2OCCO2)cs1. The third-order valence-corrected chi connectivity index (χ3v) is 3.09. The van der Waals surface area contributed by atoms with Gasteiger partial charge in [0.05, 0.1) is 30.0 Å². The van der Waals surface area contributed by atoms with Gasteiger partial charge < -0.3 is 14.6 Å². The second kappa shape index (κ2) is 5.03. The van der Waals surface area contributed by atoms with Crippen molar-refractivity contribution in [2.75, 3.05) is 13.2 Å². The van der Waals surface area contributed by atoms with Gasteiger partial charge in [0, 0.05) is 18.2 Å². The normalized spacial score (nSPS) is 19.6. The maximum atomic E-state index is 9.78. The Morgan fingerprint density at radius 2 is 2.33 bits per heavy atom. The molecule has 0 amide bonds. The zero-order valence-corrected chi connectivity index (χ0v) is 9.50. The van der Waals surface area contributed by atoms with E-state index < -0.39 is 6.10 Å². The average Bonchev–Trinajstić information content (AvgIpc) is 2.77. The van der Waals surface area contributed by atoms with Crippen LogP contribution in [0.1, 0.15) is 17.1 Å². The number of thiazole rings is 1. The second-order valence-corrected chi connectivity index (χ2v) is 4.68. The summed E-state index contributed by atoms with van der Waals surface area (Å²) in [4.78, 5) is 4.30. The molecule has 1 aromatic rings. The topological polar surface area (TPSA) is 51.6 Å². The lowest BCUT2D eigenvalue weighted by atomic mass is 10.1. The number of rotatable bonds is 4. The summed E-state index contributed by atoms with van der Waals surface area (Å²) in [6, 6.07) is 0. The first kappa shape index (κ1) is 11.0. The van der Waals surface area contributed by atoms with Gasteiger partial charge in [-0.2, -0.15) is 0 Å². The maximum Gasteiger partial charge on any atom is 0.160 e. The van der Waals surface area contributed by atoms with Crippen LogP contribution in [0, 0.1) is 6.92 Å². The van der Waals surface area contributed by atoms with Crippen LogP contribution >= 0.6 is 11.3 Å². The Balaban J connectivity index is 1.78. The first-order chi connectivity index (χ1) is 7.24. The van der Waals surface area contributed by atoms with Gasteiger partial charge in [-0.15, -0.1) is 11.3 Å². The first-order valence-corrected chi connectivity index (χ1v) is 5.94. The number of aliphatic hydroxyl groups is 1. The minimum absolute atomic E-state index is 0.236. The molecule has 0 aliphatic carbocycles. The van der Waals surface area contributed by atoms with Crippen LogP contribution in [0.5, 0.6) is 0 Å². The number of aliphatic hydroxyl groups excluding tert-OH is 1. The van der Waals surface area contributed by atoms with Crippen molar-refractivity contribution in [2.24, 2.45) is 0 Å². The molecule has 1 unspecified atom stereocenters. The van der Waals surface area contributed by atoms with Gasteiger partial charge in [-0.1, -0.05) is 0 Å². The summed E-state index contributed by atoms with van der Waals surface area (Å²) in [6.45, 7) is 3.23. The molecule has 2 heterocycles. The lowest BCUT2D eigenvalue weighted by molar-refractivity contribution is -0.0699. The second-order valence-electron chi connectivity index (χ2n) is 3.62. The number of hydrogen-bond acceptors (Lipinski definition) is 5. The summed E-state index contributed by atoms with van der Waals surface area (Å²) < 4.78 is 10.5.